The van der Waals surface area contributed by atoms with E-state index in [2.05, 4.69) is 15.0 Å². The number of amidine groups is 1. The lowest BCUT2D eigenvalue weighted by atomic mass is 10.1. The molecule has 3 aromatic carbocycles. The largest absolute Gasteiger partial charge is 0.505 e. The Bertz CT molecular complexity index is 1370. The van der Waals surface area contributed by atoms with Crippen molar-refractivity contribution in [2.75, 3.05) is 11.9 Å². The maximum atomic E-state index is 13.2. The number of nitrogens with one attached hydrogen (secondary N) is 1. The summed E-state index contributed by atoms with van der Waals surface area (Å²) in [7, 11) is 0. The summed E-state index contributed by atoms with van der Waals surface area (Å²) >= 11 is 17.9. The minimum Gasteiger partial charge on any atom is -0.505 e. The van der Waals surface area contributed by atoms with Gasteiger partial charge >= 0.3 is 5.57 Å². The number of thioether (sulfide) groups is 1. The first-order valence-electron chi connectivity index (χ1n) is 11.4. The predicted octanol–water partition coefficient (Wildman–Crippen LogP) is 7.07. The molecule has 0 bridgehead atoms. The highest BCUT2D eigenvalue weighted by molar-refractivity contribution is 8.15. The molecule has 0 aromatic heterocycles. The lowest BCUT2D eigenvalue weighted by Gasteiger charge is -2.32. The van der Waals surface area contributed by atoms with Crippen LogP contribution in [-0.4, -0.2) is 44.4 Å². The average molecular weight is 615 g/mol. The van der Waals surface area contributed by atoms with Crippen molar-refractivity contribution >= 4 is 74.9 Å². The topological polar surface area (TPSA) is 91.2 Å². The molecule has 4 rings (SSSR count). The number of aromatic hydroxyl groups is 1. The third-order valence-corrected chi connectivity index (χ3v) is 7.32. The Balaban J connectivity index is 1.54. The molecule has 7 nitrogen and oxygen atoms in total. The molecule has 13 heteroatoms. The Labute approximate surface area is 241 Å². The van der Waals surface area contributed by atoms with Crippen molar-refractivity contribution in [3.05, 3.63) is 82.3 Å². The van der Waals surface area contributed by atoms with Crippen LogP contribution in [0.4, 0.5) is 20.2 Å². The van der Waals surface area contributed by atoms with Crippen molar-refractivity contribution in [2.24, 2.45) is 4.99 Å². The standard InChI is InChI=1S/C26H20Cl3F2N3O4S/c27-19-12-17(13-20(28)23(19)36)33-25-34(11-10-15-4-2-1-3-5-15)22(35)14-21(39-25)24(37)32-16-6-8-18(9-7-16)38-26(29,30)31/h1-9,12-13,21,36H,10-11,14H2,(H,32,37). The molecule has 1 unspecified atom stereocenters. The molecule has 1 saturated heterocycles. The Morgan fingerprint density at radius 1 is 1.13 bits per heavy atom. The maximum Gasteiger partial charge on any atom is 0.487 e. The highest BCUT2D eigenvalue weighted by Crippen LogP contribution is 2.37. The Morgan fingerprint density at radius 2 is 1.77 bits per heavy atom. The number of alkyl halides is 3. The summed E-state index contributed by atoms with van der Waals surface area (Å²) in [5.74, 6) is -1.28. The van der Waals surface area contributed by atoms with Crippen LogP contribution >= 0.6 is 46.6 Å². The number of aliphatic imine (C=N–C) groups is 1. The number of halogens is 5. The van der Waals surface area contributed by atoms with E-state index in [9.17, 15) is 23.5 Å². The van der Waals surface area contributed by atoms with Gasteiger partial charge in [0.15, 0.2) is 10.9 Å². The van der Waals surface area contributed by atoms with E-state index in [0.29, 0.717) is 18.7 Å². The number of phenolic OH excluding ortho intramolecular Hbond substituents is 1. The van der Waals surface area contributed by atoms with Crippen LogP contribution in [0.3, 0.4) is 0 Å². The van der Waals surface area contributed by atoms with Crippen LogP contribution in [0.15, 0.2) is 71.7 Å². The molecule has 1 fully saturated rings. The van der Waals surface area contributed by atoms with Gasteiger partial charge in [0.05, 0.1) is 15.7 Å². The van der Waals surface area contributed by atoms with Crippen LogP contribution in [0, 0.1) is 0 Å². The molecule has 0 saturated carbocycles. The van der Waals surface area contributed by atoms with E-state index < -0.39 is 16.7 Å². The highest BCUT2D eigenvalue weighted by Gasteiger charge is 2.36. The van der Waals surface area contributed by atoms with Gasteiger partial charge in [0.1, 0.15) is 11.0 Å². The zero-order valence-corrected chi connectivity index (χ0v) is 23.0. The zero-order chi connectivity index (χ0) is 28.2. The number of carbonyl (C=O) groups is 2. The third-order valence-electron chi connectivity index (χ3n) is 5.48. The first-order chi connectivity index (χ1) is 18.5. The SMILES string of the molecule is O=C(Nc1ccc(OC(F)(F)Cl)cc1)C1CC(=O)N(CCc2ccccc2)C(=Nc2cc(Cl)c(O)c(Cl)c2)S1. The van der Waals surface area contributed by atoms with Gasteiger partial charge in [-0.2, -0.15) is 0 Å². The monoisotopic (exact) mass is 613 g/mol. The van der Waals surface area contributed by atoms with Crippen LogP contribution in [0.2, 0.25) is 10.0 Å². The first kappa shape index (κ1) is 28.9. The number of hydrogen-bond donors (Lipinski definition) is 2. The van der Waals surface area contributed by atoms with E-state index in [1.165, 1.54) is 41.3 Å². The number of rotatable bonds is 8. The van der Waals surface area contributed by atoms with E-state index >= 15 is 0 Å². The third kappa shape index (κ3) is 7.98. The zero-order valence-electron chi connectivity index (χ0n) is 19.9. The number of nitrogens with zero attached hydrogens (tertiary/aromatic N) is 2. The summed E-state index contributed by atoms with van der Waals surface area (Å²) in [6.45, 7) is 0.315. The Morgan fingerprint density at radius 3 is 2.38 bits per heavy atom. The second-order valence-electron chi connectivity index (χ2n) is 8.31. The van der Waals surface area contributed by atoms with E-state index in [1.807, 2.05) is 30.3 Å². The highest BCUT2D eigenvalue weighted by atomic mass is 35.5. The number of hydrogen-bond acceptors (Lipinski definition) is 6. The van der Waals surface area contributed by atoms with E-state index in [4.69, 9.17) is 34.8 Å². The number of ether oxygens (including phenoxy) is 1. The Kier molecular flexibility index (Phi) is 9.22. The number of benzene rings is 3. The molecule has 1 aliphatic heterocycles. The second kappa shape index (κ2) is 12.4. The van der Waals surface area contributed by atoms with Gasteiger partial charge in [-0.15, -0.1) is 8.78 Å². The molecule has 0 spiro atoms. The van der Waals surface area contributed by atoms with Gasteiger partial charge in [0.25, 0.3) is 0 Å². The fourth-order valence-electron chi connectivity index (χ4n) is 3.64. The summed E-state index contributed by atoms with van der Waals surface area (Å²) in [5.41, 5.74) is -2.25. The molecule has 0 aliphatic carbocycles. The van der Waals surface area contributed by atoms with Gasteiger partial charge in [0, 0.05) is 30.3 Å². The molecular weight excluding hydrogens is 595 g/mol. The smallest absolute Gasteiger partial charge is 0.487 e. The summed E-state index contributed by atoms with van der Waals surface area (Å²) in [6.07, 6.45) is 0.455. The number of phenols is 1. The quantitative estimate of drug-likeness (QED) is 0.265. The van der Waals surface area contributed by atoms with E-state index in [1.54, 1.807) is 0 Å². The van der Waals surface area contributed by atoms with Crippen molar-refractivity contribution in [1.29, 1.82) is 0 Å². The van der Waals surface area contributed by atoms with Crippen LogP contribution in [-0.2, 0) is 16.0 Å². The molecule has 3 aromatic rings. The van der Waals surface area contributed by atoms with E-state index in [0.717, 1.165) is 17.3 Å². The minimum absolute atomic E-state index is 0.0153. The van der Waals surface area contributed by atoms with Crippen LogP contribution in [0.1, 0.15) is 12.0 Å². The fourth-order valence-corrected chi connectivity index (χ4v) is 5.33. The molecule has 204 valence electrons. The van der Waals surface area contributed by atoms with Gasteiger partial charge in [-0.25, -0.2) is 4.99 Å². The van der Waals surface area contributed by atoms with Crippen LogP contribution < -0.4 is 10.1 Å². The predicted molar refractivity (Wildman–Crippen MR) is 150 cm³/mol. The van der Waals surface area contributed by atoms with Gasteiger partial charge in [-0.05, 0) is 48.4 Å². The van der Waals surface area contributed by atoms with Crippen molar-refractivity contribution in [3.8, 4) is 11.5 Å². The molecule has 39 heavy (non-hydrogen) atoms. The first-order valence-corrected chi connectivity index (χ1v) is 13.4. The van der Waals surface area contributed by atoms with Gasteiger partial charge in [0.2, 0.25) is 11.8 Å². The molecule has 1 atom stereocenters. The van der Waals surface area contributed by atoms with Crippen LogP contribution in [0.25, 0.3) is 0 Å². The molecule has 2 amide bonds. The number of carbonyl (C=O) groups excluding carboxylic acids is 2. The lowest BCUT2D eigenvalue weighted by molar-refractivity contribution is -0.129. The molecular formula is C26H20Cl3F2N3O4S. The van der Waals surface area contributed by atoms with E-state index in [-0.39, 0.29) is 44.7 Å². The second-order valence-corrected chi connectivity index (χ2v) is 10.7. The summed E-state index contributed by atoms with van der Waals surface area (Å²) < 4.78 is 29.9. The molecule has 0 radical (unpaired) electrons. The van der Waals surface area contributed by atoms with Gasteiger partial charge < -0.3 is 15.2 Å². The Hall–Kier alpha value is -3.05. The van der Waals surface area contributed by atoms with Crippen LogP contribution in [0.5, 0.6) is 11.5 Å². The molecule has 1 heterocycles. The van der Waals surface area contributed by atoms with Gasteiger partial charge in [-0.3, -0.25) is 14.5 Å². The van der Waals surface area contributed by atoms with Crippen molar-refractivity contribution in [1.82, 2.24) is 4.90 Å². The summed E-state index contributed by atoms with van der Waals surface area (Å²) in [4.78, 5) is 32.3. The minimum atomic E-state index is -3.86. The van der Waals surface area contributed by atoms with Crippen molar-refractivity contribution < 1.29 is 28.2 Å². The molecule has 2 N–H and O–H groups in total. The lowest BCUT2D eigenvalue weighted by Crippen LogP contribution is -2.46. The molecule has 1 aliphatic rings. The normalized spacial score (nSPS) is 16.8. The fraction of sp³-hybridized carbons (Fsp3) is 0.192. The average Bonchev–Trinajstić information content (AvgIpc) is 2.87. The van der Waals surface area contributed by atoms with Gasteiger partial charge in [-0.1, -0.05) is 65.3 Å². The maximum absolute atomic E-state index is 13.2. The summed E-state index contributed by atoms with van der Waals surface area (Å²) in [5, 5.41) is 11.9. The number of anilines is 1. The number of amides is 2. The summed E-state index contributed by atoms with van der Waals surface area (Å²) in [6, 6.07) is 17.6. The van der Waals surface area contributed by atoms with Crippen molar-refractivity contribution in [2.45, 2.75) is 23.7 Å². The van der Waals surface area contributed by atoms with Crippen molar-refractivity contribution in [3.63, 3.8) is 0 Å².